The van der Waals surface area contributed by atoms with Gasteiger partial charge in [-0.3, -0.25) is 4.98 Å². The molecular weight excluding hydrogens is 246 g/mol. The fourth-order valence-corrected chi connectivity index (χ4v) is 1.78. The third-order valence-corrected chi connectivity index (χ3v) is 3.24. The molecule has 0 spiro atoms. The van der Waals surface area contributed by atoms with E-state index in [4.69, 9.17) is 0 Å². The lowest BCUT2D eigenvalue weighted by atomic mass is 9.99. The van der Waals surface area contributed by atoms with Crippen LogP contribution in [0.5, 0.6) is 0 Å². The Labute approximate surface area is 110 Å². The van der Waals surface area contributed by atoms with E-state index in [1.807, 2.05) is 12.1 Å². The Kier molecular flexibility index (Phi) is 3.55. The molecule has 0 fully saturated rings. The van der Waals surface area contributed by atoms with Crippen molar-refractivity contribution in [2.45, 2.75) is 32.2 Å². The highest BCUT2D eigenvalue weighted by atomic mass is 16.4. The van der Waals surface area contributed by atoms with Crippen molar-refractivity contribution in [2.75, 3.05) is 0 Å². The van der Waals surface area contributed by atoms with Crippen LogP contribution in [0.3, 0.4) is 0 Å². The molecule has 0 bridgehead atoms. The molecule has 1 unspecified atom stereocenters. The van der Waals surface area contributed by atoms with Crippen LogP contribution in [0.1, 0.15) is 31.7 Å². The van der Waals surface area contributed by atoms with Gasteiger partial charge in [0.25, 0.3) is 0 Å². The number of tetrazole rings is 1. The summed E-state index contributed by atoms with van der Waals surface area (Å²) in [4.78, 5) is 15.4. The van der Waals surface area contributed by atoms with Gasteiger partial charge in [0.1, 0.15) is 0 Å². The summed E-state index contributed by atoms with van der Waals surface area (Å²) >= 11 is 0. The van der Waals surface area contributed by atoms with Crippen LogP contribution in [-0.4, -0.2) is 36.3 Å². The molecule has 2 aromatic heterocycles. The average Bonchev–Trinajstić information content (AvgIpc) is 2.87. The Morgan fingerprint density at radius 1 is 1.53 bits per heavy atom. The highest BCUT2D eigenvalue weighted by molar-refractivity contribution is 5.76. The molecule has 0 radical (unpaired) electrons. The minimum Gasteiger partial charge on any atom is -0.479 e. The molecule has 0 aliphatic carbocycles. The van der Waals surface area contributed by atoms with Crippen LogP contribution in [0, 0.1) is 0 Å². The van der Waals surface area contributed by atoms with E-state index < -0.39 is 11.5 Å². The average molecular weight is 261 g/mol. The first-order chi connectivity index (χ1) is 9.08. The molecule has 7 nitrogen and oxygen atoms in total. The number of hydrogen-bond donors (Lipinski definition) is 1. The molecule has 0 aliphatic rings. The number of rotatable bonds is 5. The maximum atomic E-state index is 11.4. The Bertz CT molecular complexity index is 569. The normalized spacial score (nSPS) is 14.0. The number of aromatic nitrogens is 5. The van der Waals surface area contributed by atoms with Gasteiger partial charge in [-0.15, -0.1) is 5.10 Å². The highest BCUT2D eigenvalue weighted by Crippen LogP contribution is 2.21. The van der Waals surface area contributed by atoms with Crippen molar-refractivity contribution in [3.05, 3.63) is 35.9 Å². The molecule has 0 aliphatic heterocycles. The smallest absolute Gasteiger partial charge is 0.331 e. The van der Waals surface area contributed by atoms with E-state index in [-0.39, 0.29) is 0 Å². The van der Waals surface area contributed by atoms with E-state index in [2.05, 4.69) is 20.5 Å². The van der Waals surface area contributed by atoms with Gasteiger partial charge in [-0.05, 0) is 35.4 Å². The molecule has 7 heteroatoms. The number of hydrogen-bond acceptors (Lipinski definition) is 5. The van der Waals surface area contributed by atoms with E-state index >= 15 is 0 Å². The van der Waals surface area contributed by atoms with Crippen LogP contribution in [0.25, 0.3) is 0 Å². The first-order valence-electron chi connectivity index (χ1n) is 5.98. The highest BCUT2D eigenvalue weighted by Gasteiger charge is 2.36. The van der Waals surface area contributed by atoms with E-state index in [1.165, 1.54) is 4.68 Å². The van der Waals surface area contributed by atoms with Crippen molar-refractivity contribution in [3.8, 4) is 0 Å². The van der Waals surface area contributed by atoms with E-state index in [0.717, 1.165) is 5.56 Å². The van der Waals surface area contributed by atoms with Gasteiger partial charge in [0, 0.05) is 18.8 Å². The fourth-order valence-electron chi connectivity index (χ4n) is 1.78. The van der Waals surface area contributed by atoms with Gasteiger partial charge in [0.05, 0.1) is 0 Å². The van der Waals surface area contributed by atoms with Gasteiger partial charge in [-0.25, -0.2) is 9.48 Å². The molecule has 0 saturated heterocycles. The first kappa shape index (κ1) is 13.1. The Morgan fingerprint density at radius 3 is 2.89 bits per heavy atom. The van der Waals surface area contributed by atoms with Crippen LogP contribution in [-0.2, 0) is 16.8 Å². The largest absolute Gasteiger partial charge is 0.479 e. The molecule has 1 N–H and O–H groups in total. The SMILES string of the molecule is CCC(C)(C(=O)O)n1nnnc1Cc1cccnc1. The lowest BCUT2D eigenvalue weighted by Gasteiger charge is -2.23. The monoisotopic (exact) mass is 261 g/mol. The number of carboxylic acids is 1. The standard InChI is InChI=1S/C12H15N5O2/c1-3-12(2,11(18)19)17-10(14-15-16-17)7-9-5-4-6-13-8-9/h4-6,8H,3,7H2,1-2H3,(H,18,19). The first-order valence-corrected chi connectivity index (χ1v) is 5.98. The summed E-state index contributed by atoms with van der Waals surface area (Å²) in [6.07, 6.45) is 4.24. The van der Waals surface area contributed by atoms with Gasteiger partial charge in [-0.1, -0.05) is 13.0 Å². The van der Waals surface area contributed by atoms with E-state index in [0.29, 0.717) is 18.7 Å². The van der Waals surface area contributed by atoms with Crippen LogP contribution in [0.15, 0.2) is 24.5 Å². The zero-order valence-corrected chi connectivity index (χ0v) is 10.8. The van der Waals surface area contributed by atoms with Crippen LogP contribution < -0.4 is 0 Å². The van der Waals surface area contributed by atoms with Crippen molar-refractivity contribution in [3.63, 3.8) is 0 Å². The Morgan fingerprint density at radius 2 is 2.32 bits per heavy atom. The second-order valence-electron chi connectivity index (χ2n) is 4.48. The molecule has 2 aromatic rings. The molecule has 1 atom stereocenters. The van der Waals surface area contributed by atoms with Gasteiger partial charge in [0.15, 0.2) is 11.4 Å². The molecule has 0 aromatic carbocycles. The molecule has 2 heterocycles. The summed E-state index contributed by atoms with van der Waals surface area (Å²) in [6, 6.07) is 3.72. The lowest BCUT2D eigenvalue weighted by Crippen LogP contribution is -2.40. The van der Waals surface area contributed by atoms with Crippen LogP contribution >= 0.6 is 0 Å². The summed E-state index contributed by atoms with van der Waals surface area (Å²) in [7, 11) is 0. The van der Waals surface area contributed by atoms with Crippen molar-refractivity contribution in [2.24, 2.45) is 0 Å². The van der Waals surface area contributed by atoms with Gasteiger partial charge in [0.2, 0.25) is 0 Å². The zero-order chi connectivity index (χ0) is 13.9. The third kappa shape index (κ3) is 2.44. The predicted octanol–water partition coefficient (Wildman–Crippen LogP) is 0.869. The number of aliphatic carboxylic acids is 1. The second-order valence-corrected chi connectivity index (χ2v) is 4.48. The van der Waals surface area contributed by atoms with Crippen LogP contribution in [0.2, 0.25) is 0 Å². The number of carboxylic acid groups (broad SMARTS) is 1. The topological polar surface area (TPSA) is 93.8 Å². The van der Waals surface area contributed by atoms with Crippen molar-refractivity contribution in [1.29, 1.82) is 0 Å². The number of carbonyl (C=O) groups is 1. The summed E-state index contributed by atoms with van der Waals surface area (Å²) < 4.78 is 1.38. The minimum atomic E-state index is -1.14. The van der Waals surface area contributed by atoms with Gasteiger partial charge < -0.3 is 5.11 Å². The zero-order valence-electron chi connectivity index (χ0n) is 10.8. The number of nitrogens with zero attached hydrogens (tertiary/aromatic N) is 5. The number of pyridine rings is 1. The summed E-state index contributed by atoms with van der Waals surface area (Å²) in [5.74, 6) is -0.436. The maximum Gasteiger partial charge on any atom is 0.331 e. The summed E-state index contributed by atoms with van der Waals surface area (Å²) in [5.41, 5.74) is -0.205. The molecule has 0 saturated carbocycles. The van der Waals surface area contributed by atoms with Crippen LogP contribution in [0.4, 0.5) is 0 Å². The molecule has 0 amide bonds. The molecule has 100 valence electrons. The minimum absolute atomic E-state index is 0.396. The van der Waals surface area contributed by atoms with Gasteiger partial charge in [-0.2, -0.15) is 0 Å². The van der Waals surface area contributed by atoms with Crippen molar-refractivity contribution >= 4 is 5.97 Å². The Hall–Kier alpha value is -2.31. The lowest BCUT2D eigenvalue weighted by molar-refractivity contribution is -0.147. The molecule has 19 heavy (non-hydrogen) atoms. The summed E-state index contributed by atoms with van der Waals surface area (Å²) in [5, 5.41) is 20.7. The quantitative estimate of drug-likeness (QED) is 0.858. The Balaban J connectivity index is 2.35. The second kappa shape index (κ2) is 5.13. The van der Waals surface area contributed by atoms with Gasteiger partial charge >= 0.3 is 5.97 Å². The maximum absolute atomic E-state index is 11.4. The summed E-state index contributed by atoms with van der Waals surface area (Å²) in [6.45, 7) is 3.40. The van der Waals surface area contributed by atoms with Crippen molar-refractivity contribution < 1.29 is 9.90 Å². The predicted molar refractivity (Wildman–Crippen MR) is 66.4 cm³/mol. The van der Waals surface area contributed by atoms with E-state index in [9.17, 15) is 9.90 Å². The van der Waals surface area contributed by atoms with E-state index in [1.54, 1.807) is 26.2 Å². The fraction of sp³-hybridized carbons (Fsp3) is 0.417. The molecular formula is C12H15N5O2. The third-order valence-electron chi connectivity index (χ3n) is 3.24. The van der Waals surface area contributed by atoms with Crippen molar-refractivity contribution in [1.82, 2.24) is 25.2 Å². The molecule has 2 rings (SSSR count).